The minimum absolute atomic E-state index is 0.343. The predicted molar refractivity (Wildman–Crippen MR) is 88.9 cm³/mol. The molecule has 0 unspecified atom stereocenters. The second-order valence-corrected chi connectivity index (χ2v) is 8.05. The second kappa shape index (κ2) is 4.84. The molecule has 3 heteroatoms. The van der Waals surface area contributed by atoms with Crippen molar-refractivity contribution in [2.45, 2.75) is 56.8 Å². The quantitative estimate of drug-likeness (QED) is 0.890. The van der Waals surface area contributed by atoms with Crippen molar-refractivity contribution in [1.82, 2.24) is 4.98 Å². The molecule has 2 N–H and O–H groups in total. The average molecular weight is 298 g/mol. The Labute approximate surface area is 130 Å². The maximum Gasteiger partial charge on any atom is 0.180 e. The van der Waals surface area contributed by atoms with Gasteiger partial charge in [0.25, 0.3) is 0 Å². The van der Waals surface area contributed by atoms with E-state index in [1.165, 1.54) is 49.0 Å². The smallest absolute Gasteiger partial charge is 0.180 e. The molecule has 0 spiro atoms. The van der Waals surface area contributed by atoms with Crippen molar-refractivity contribution in [3.05, 3.63) is 46.0 Å². The molecule has 0 bridgehead atoms. The van der Waals surface area contributed by atoms with Crippen molar-refractivity contribution in [1.29, 1.82) is 0 Å². The van der Waals surface area contributed by atoms with E-state index in [9.17, 15) is 0 Å². The van der Waals surface area contributed by atoms with E-state index in [2.05, 4.69) is 30.1 Å². The van der Waals surface area contributed by atoms with Gasteiger partial charge in [-0.1, -0.05) is 25.1 Å². The largest absolute Gasteiger partial charge is 0.375 e. The number of anilines is 1. The zero-order valence-electron chi connectivity index (χ0n) is 12.6. The van der Waals surface area contributed by atoms with E-state index in [1.54, 1.807) is 22.5 Å². The van der Waals surface area contributed by atoms with Crippen LogP contribution in [-0.2, 0) is 18.3 Å². The monoisotopic (exact) mass is 298 g/mol. The van der Waals surface area contributed by atoms with Gasteiger partial charge in [-0.2, -0.15) is 0 Å². The number of aromatic nitrogens is 1. The average Bonchev–Trinajstić information content (AvgIpc) is 2.89. The number of hydrogen-bond acceptors (Lipinski definition) is 3. The standard InChI is InChI=1S/C18H22N2S/c1-18(9-14(10-18)16-11-20-17(19)21-16)15-7-6-12-4-2-3-5-13(12)8-15/h6-8,11,14H,2-5,9-10H2,1H3,(H2,19,20). The summed E-state index contributed by atoms with van der Waals surface area (Å²) in [6, 6.07) is 7.25. The molecule has 2 aromatic rings. The number of nitrogens with zero attached hydrogens (tertiary/aromatic N) is 1. The molecule has 0 saturated heterocycles. The van der Waals surface area contributed by atoms with Gasteiger partial charge in [0.2, 0.25) is 0 Å². The summed E-state index contributed by atoms with van der Waals surface area (Å²) < 4.78 is 0. The number of hydrogen-bond donors (Lipinski definition) is 1. The van der Waals surface area contributed by atoms with Crippen LogP contribution in [0, 0.1) is 0 Å². The first kappa shape index (κ1) is 13.3. The molecule has 21 heavy (non-hydrogen) atoms. The molecule has 1 saturated carbocycles. The summed E-state index contributed by atoms with van der Waals surface area (Å²) in [5.74, 6) is 0.654. The van der Waals surface area contributed by atoms with Gasteiger partial charge >= 0.3 is 0 Å². The molecule has 0 amide bonds. The number of rotatable bonds is 2. The lowest BCUT2D eigenvalue weighted by Gasteiger charge is -2.45. The minimum atomic E-state index is 0.343. The first-order chi connectivity index (χ1) is 10.1. The SMILES string of the molecule is CC1(c2ccc3c(c2)CCCC3)CC(c2cnc(N)s2)C1. The van der Waals surface area contributed by atoms with Crippen LogP contribution < -0.4 is 5.73 Å². The highest BCUT2D eigenvalue weighted by atomic mass is 32.1. The van der Waals surface area contributed by atoms with Crippen molar-refractivity contribution in [2.24, 2.45) is 0 Å². The van der Waals surface area contributed by atoms with Crippen LogP contribution in [0.15, 0.2) is 24.4 Å². The van der Waals surface area contributed by atoms with Crippen LogP contribution in [-0.4, -0.2) is 4.98 Å². The highest BCUT2D eigenvalue weighted by molar-refractivity contribution is 7.15. The third kappa shape index (κ3) is 2.28. The van der Waals surface area contributed by atoms with Crippen LogP contribution in [0.25, 0.3) is 0 Å². The maximum atomic E-state index is 5.76. The molecule has 1 heterocycles. The Morgan fingerprint density at radius 3 is 2.67 bits per heavy atom. The van der Waals surface area contributed by atoms with Gasteiger partial charge in [0.1, 0.15) is 0 Å². The Kier molecular flexibility index (Phi) is 3.07. The van der Waals surface area contributed by atoms with Crippen LogP contribution >= 0.6 is 11.3 Å². The number of fused-ring (bicyclic) bond motifs is 1. The van der Waals surface area contributed by atoms with Gasteiger partial charge in [0.05, 0.1) is 0 Å². The Morgan fingerprint density at radius 1 is 1.19 bits per heavy atom. The third-order valence-corrected chi connectivity index (χ3v) is 6.37. The van der Waals surface area contributed by atoms with Crippen molar-refractivity contribution < 1.29 is 0 Å². The molecular formula is C18H22N2S. The summed E-state index contributed by atoms with van der Waals surface area (Å²) in [4.78, 5) is 5.56. The Bertz CT molecular complexity index is 668. The molecular weight excluding hydrogens is 276 g/mol. The summed E-state index contributed by atoms with van der Waals surface area (Å²) >= 11 is 1.66. The van der Waals surface area contributed by atoms with Gasteiger partial charge in [0, 0.05) is 11.1 Å². The minimum Gasteiger partial charge on any atom is -0.375 e. The van der Waals surface area contributed by atoms with Crippen LogP contribution in [0.2, 0.25) is 0 Å². The van der Waals surface area contributed by atoms with E-state index < -0.39 is 0 Å². The number of aryl methyl sites for hydroxylation is 2. The van der Waals surface area contributed by atoms with Crippen LogP contribution in [0.1, 0.15) is 60.1 Å². The van der Waals surface area contributed by atoms with Gasteiger partial charge in [-0.25, -0.2) is 4.98 Å². The van der Waals surface area contributed by atoms with Crippen molar-refractivity contribution in [2.75, 3.05) is 5.73 Å². The molecule has 1 aromatic carbocycles. The number of thiazole rings is 1. The van der Waals surface area contributed by atoms with Gasteiger partial charge in [-0.15, -0.1) is 11.3 Å². The topological polar surface area (TPSA) is 38.9 Å². The predicted octanol–water partition coefficient (Wildman–Crippen LogP) is 4.44. The van der Waals surface area contributed by atoms with E-state index >= 15 is 0 Å². The molecule has 0 atom stereocenters. The molecule has 1 aromatic heterocycles. The first-order valence-corrected chi connectivity index (χ1v) is 8.79. The van der Waals surface area contributed by atoms with Gasteiger partial charge in [0.15, 0.2) is 5.13 Å². The lowest BCUT2D eigenvalue weighted by atomic mass is 9.59. The van der Waals surface area contributed by atoms with Gasteiger partial charge in [-0.05, 0) is 66.5 Å². The van der Waals surface area contributed by atoms with E-state index in [-0.39, 0.29) is 0 Å². The van der Waals surface area contributed by atoms with E-state index in [4.69, 9.17) is 5.73 Å². The van der Waals surface area contributed by atoms with Crippen LogP contribution in [0.5, 0.6) is 0 Å². The van der Waals surface area contributed by atoms with Gasteiger partial charge < -0.3 is 5.73 Å². The number of nitrogens with two attached hydrogens (primary N) is 1. The number of benzene rings is 1. The fraction of sp³-hybridized carbons (Fsp3) is 0.500. The summed E-state index contributed by atoms with van der Waals surface area (Å²) in [5, 5.41) is 0.701. The van der Waals surface area contributed by atoms with E-state index in [0.717, 1.165) is 0 Å². The van der Waals surface area contributed by atoms with Crippen LogP contribution in [0.4, 0.5) is 5.13 Å². The maximum absolute atomic E-state index is 5.76. The fourth-order valence-electron chi connectivity index (χ4n) is 4.06. The molecule has 110 valence electrons. The summed E-state index contributed by atoms with van der Waals surface area (Å²) in [6.45, 7) is 2.42. The zero-order chi connectivity index (χ0) is 14.4. The second-order valence-electron chi connectivity index (χ2n) is 6.96. The molecule has 1 fully saturated rings. The highest BCUT2D eigenvalue weighted by Crippen LogP contribution is 2.53. The molecule has 2 aliphatic carbocycles. The normalized spacial score (nSPS) is 28.0. The highest BCUT2D eigenvalue weighted by Gasteiger charge is 2.43. The Balaban J connectivity index is 1.54. The van der Waals surface area contributed by atoms with Crippen molar-refractivity contribution >= 4 is 16.5 Å². The van der Waals surface area contributed by atoms with Gasteiger partial charge in [-0.3, -0.25) is 0 Å². The summed E-state index contributed by atoms with van der Waals surface area (Å²) in [5.41, 5.74) is 10.8. The Hall–Kier alpha value is -1.35. The fourth-order valence-corrected chi connectivity index (χ4v) is 4.85. The molecule has 2 aliphatic rings. The lowest BCUT2D eigenvalue weighted by Crippen LogP contribution is -2.37. The molecule has 0 aliphatic heterocycles. The first-order valence-electron chi connectivity index (χ1n) is 7.97. The lowest BCUT2D eigenvalue weighted by molar-refractivity contribution is 0.227. The number of nitrogen functional groups attached to an aromatic ring is 1. The molecule has 0 radical (unpaired) electrons. The van der Waals surface area contributed by atoms with Crippen molar-refractivity contribution in [3.63, 3.8) is 0 Å². The molecule has 4 rings (SSSR count). The zero-order valence-corrected chi connectivity index (χ0v) is 13.4. The van der Waals surface area contributed by atoms with E-state index in [1.807, 2.05) is 6.20 Å². The third-order valence-electron chi connectivity index (χ3n) is 5.38. The summed E-state index contributed by atoms with van der Waals surface area (Å²) in [6.07, 6.45) is 9.69. The Morgan fingerprint density at radius 2 is 1.95 bits per heavy atom. The summed E-state index contributed by atoms with van der Waals surface area (Å²) in [7, 11) is 0. The van der Waals surface area contributed by atoms with E-state index in [0.29, 0.717) is 16.5 Å². The molecule has 2 nitrogen and oxygen atoms in total. The van der Waals surface area contributed by atoms with Crippen molar-refractivity contribution in [3.8, 4) is 0 Å². The van der Waals surface area contributed by atoms with Crippen LogP contribution in [0.3, 0.4) is 0 Å².